The maximum absolute atomic E-state index is 14.2. The number of fused-ring (bicyclic) bond motifs is 1. The molecule has 1 saturated heterocycles. The lowest BCUT2D eigenvalue weighted by Gasteiger charge is -2.30. The number of rotatable bonds is 12. The molecule has 1 saturated carbocycles. The zero-order valence-electron chi connectivity index (χ0n) is 25.8. The van der Waals surface area contributed by atoms with Crippen LogP contribution in [0.1, 0.15) is 58.2 Å². The number of nitrogens with zero attached hydrogens (tertiary/aromatic N) is 4. The zero-order chi connectivity index (χ0) is 32.6. The molecule has 14 nitrogen and oxygen atoms in total. The summed E-state index contributed by atoms with van der Waals surface area (Å²) < 4.78 is 39.0. The van der Waals surface area contributed by atoms with Crippen molar-refractivity contribution in [1.29, 1.82) is 0 Å². The predicted molar refractivity (Wildman–Crippen MR) is 166 cm³/mol. The number of hydrogen-bond donors (Lipinski definition) is 4. The minimum absolute atomic E-state index is 0.122. The number of nitrogen functional groups attached to an aromatic ring is 1. The van der Waals surface area contributed by atoms with Gasteiger partial charge in [0.2, 0.25) is 0 Å². The lowest BCUT2D eigenvalue weighted by Crippen LogP contribution is -2.44. The first kappa shape index (κ1) is 33.0. The van der Waals surface area contributed by atoms with Gasteiger partial charge in [0.05, 0.1) is 18.8 Å². The number of ether oxygens (including phenoxy) is 2. The van der Waals surface area contributed by atoms with Crippen LogP contribution in [0.2, 0.25) is 0 Å². The molecule has 1 unspecified atom stereocenters. The Hall–Kier alpha value is -3.39. The average molecular weight is 645 g/mol. The van der Waals surface area contributed by atoms with E-state index in [9.17, 15) is 19.6 Å². The normalized spacial score (nSPS) is 25.8. The minimum atomic E-state index is -4.30. The summed E-state index contributed by atoms with van der Waals surface area (Å²) in [6, 6.07) is 9.26. The van der Waals surface area contributed by atoms with E-state index in [0.29, 0.717) is 11.2 Å². The number of aromatic nitrogens is 3. The number of nitrogens with two attached hydrogens (primary N) is 1. The van der Waals surface area contributed by atoms with Crippen molar-refractivity contribution < 1.29 is 38.1 Å². The second-order valence-electron chi connectivity index (χ2n) is 12.5. The fourth-order valence-corrected chi connectivity index (χ4v) is 6.85. The minimum Gasteiger partial charge on any atom is -0.461 e. The van der Waals surface area contributed by atoms with E-state index in [-0.39, 0.29) is 29.6 Å². The summed E-state index contributed by atoms with van der Waals surface area (Å²) in [7, 11) is -4.30. The number of anilines is 1. The Morgan fingerprint density at radius 1 is 1.27 bits per heavy atom. The van der Waals surface area contributed by atoms with Gasteiger partial charge in [-0.1, -0.05) is 32.9 Å². The van der Waals surface area contributed by atoms with Crippen LogP contribution in [0.25, 0.3) is 5.52 Å². The van der Waals surface area contributed by atoms with Gasteiger partial charge in [0.1, 0.15) is 48.1 Å². The molecule has 3 heterocycles. The number of aliphatic hydroxyl groups excluding tert-OH is 2. The molecular formula is C30H41N6O8P. The molecule has 3 aromatic rings. The van der Waals surface area contributed by atoms with E-state index in [0.717, 1.165) is 24.8 Å². The predicted octanol–water partition coefficient (Wildman–Crippen LogP) is 2.90. The van der Waals surface area contributed by atoms with Crippen LogP contribution in [0.5, 0.6) is 5.75 Å². The van der Waals surface area contributed by atoms with E-state index in [1.807, 2.05) is 12.1 Å². The topological polar surface area (TPSA) is 192 Å². The van der Waals surface area contributed by atoms with E-state index in [4.69, 9.17) is 24.3 Å². The van der Waals surface area contributed by atoms with Gasteiger partial charge in [0, 0.05) is 0 Å². The SMILES string of the molecule is C=NC[C@@]1(c2ccc3c(N)ncnn23)O[C@H](COP(=O)(N[C@@H](C)C(=O)OC2CCC2)Oc2ccc(C(C)(C)C)cc2)[C@@H](O)[C@H]1O. The quantitative estimate of drug-likeness (QED) is 0.128. The maximum atomic E-state index is 14.2. The molecule has 0 spiro atoms. The van der Waals surface area contributed by atoms with Crippen LogP contribution in [0, 0.1) is 0 Å². The smallest absolute Gasteiger partial charge is 0.459 e. The fraction of sp³-hybridized carbons (Fsp3) is 0.533. The molecule has 2 aromatic heterocycles. The van der Waals surface area contributed by atoms with Crippen LogP contribution in [-0.4, -0.2) is 81.1 Å². The number of benzene rings is 1. The van der Waals surface area contributed by atoms with Gasteiger partial charge in [-0.05, 0) is 68.1 Å². The van der Waals surface area contributed by atoms with Gasteiger partial charge in [0.25, 0.3) is 0 Å². The van der Waals surface area contributed by atoms with E-state index in [1.54, 1.807) is 24.3 Å². The molecular weight excluding hydrogens is 603 g/mol. The number of hydrogen-bond acceptors (Lipinski definition) is 12. The molecule has 244 valence electrons. The molecule has 0 bridgehead atoms. The first-order chi connectivity index (χ1) is 21.3. The summed E-state index contributed by atoms with van der Waals surface area (Å²) in [5.74, 6) is -0.163. The van der Waals surface area contributed by atoms with Crippen molar-refractivity contribution in [2.75, 3.05) is 18.9 Å². The van der Waals surface area contributed by atoms with Crippen LogP contribution in [0.3, 0.4) is 0 Å². The van der Waals surface area contributed by atoms with Crippen LogP contribution >= 0.6 is 7.75 Å². The summed E-state index contributed by atoms with van der Waals surface area (Å²) in [4.78, 5) is 20.7. The van der Waals surface area contributed by atoms with Crippen LogP contribution < -0.4 is 15.3 Å². The van der Waals surface area contributed by atoms with Gasteiger partial charge < -0.3 is 29.9 Å². The summed E-state index contributed by atoms with van der Waals surface area (Å²) >= 11 is 0. The molecule has 2 fully saturated rings. The number of esters is 1. The molecule has 5 N–H and O–H groups in total. The van der Waals surface area contributed by atoms with Crippen molar-refractivity contribution >= 4 is 31.8 Å². The zero-order valence-corrected chi connectivity index (χ0v) is 26.7. The Kier molecular flexibility index (Phi) is 9.37. The van der Waals surface area contributed by atoms with Gasteiger partial charge in [-0.3, -0.25) is 14.3 Å². The van der Waals surface area contributed by atoms with Gasteiger partial charge in [-0.25, -0.2) is 14.1 Å². The van der Waals surface area contributed by atoms with Crippen molar-refractivity contribution in [3.05, 3.63) is 54.0 Å². The second kappa shape index (κ2) is 12.8. The lowest BCUT2D eigenvalue weighted by molar-refractivity contribution is -0.154. The number of aliphatic imine (C=N–C) groups is 1. The van der Waals surface area contributed by atoms with E-state index < -0.39 is 50.3 Å². The van der Waals surface area contributed by atoms with E-state index in [1.165, 1.54) is 17.8 Å². The van der Waals surface area contributed by atoms with Crippen molar-refractivity contribution in [3.63, 3.8) is 0 Å². The van der Waals surface area contributed by atoms with Crippen molar-refractivity contribution in [2.24, 2.45) is 4.99 Å². The molecule has 45 heavy (non-hydrogen) atoms. The first-order valence-electron chi connectivity index (χ1n) is 14.8. The van der Waals surface area contributed by atoms with Gasteiger partial charge in [0.15, 0.2) is 11.4 Å². The second-order valence-corrected chi connectivity index (χ2v) is 14.2. The number of aliphatic hydroxyl groups is 2. The molecule has 15 heteroatoms. The number of nitrogens with one attached hydrogen (secondary N) is 1. The molecule has 6 atom stereocenters. The molecule has 5 rings (SSSR count). The van der Waals surface area contributed by atoms with Crippen molar-refractivity contribution in [2.45, 2.75) is 88.4 Å². The van der Waals surface area contributed by atoms with Crippen LogP contribution in [0.4, 0.5) is 5.82 Å². The van der Waals surface area contributed by atoms with E-state index in [2.05, 4.69) is 47.7 Å². The van der Waals surface area contributed by atoms with Crippen molar-refractivity contribution in [3.8, 4) is 5.75 Å². The summed E-state index contributed by atoms with van der Waals surface area (Å²) in [6.45, 7) is 10.6. The highest BCUT2D eigenvalue weighted by Crippen LogP contribution is 2.48. The Morgan fingerprint density at radius 3 is 2.60 bits per heavy atom. The van der Waals surface area contributed by atoms with Crippen LogP contribution in [-0.2, 0) is 34.4 Å². The molecule has 1 aromatic carbocycles. The standard InChI is InChI=1S/C30H41N6O8P/c1-18(28(39)42-20-7-6-8-20)35-45(40,44-21-11-9-19(10-12-21)29(2,3)4)41-15-23-25(37)26(38)30(43-23,16-32-5)24-14-13-22-27(31)33-17-34-36(22)24/h9-14,17-18,20,23,25-26,37-38H,5-8,15-16H2,1-4H3,(H,35,40)(H2,31,33,34)/t18-,23+,25+,26+,30-,45?/m0/s1. The third-order valence-corrected chi connectivity index (χ3v) is 9.84. The molecule has 0 amide bonds. The molecule has 1 aliphatic heterocycles. The van der Waals surface area contributed by atoms with Crippen LogP contribution in [0.15, 0.2) is 47.7 Å². The third kappa shape index (κ3) is 6.76. The van der Waals surface area contributed by atoms with E-state index >= 15 is 0 Å². The highest BCUT2D eigenvalue weighted by molar-refractivity contribution is 7.52. The number of carbonyl (C=O) groups excluding carboxylic acids is 1. The monoisotopic (exact) mass is 644 g/mol. The van der Waals surface area contributed by atoms with Gasteiger partial charge in [-0.15, -0.1) is 0 Å². The summed E-state index contributed by atoms with van der Waals surface area (Å²) in [5, 5.41) is 29.3. The van der Waals surface area contributed by atoms with Gasteiger partial charge in [-0.2, -0.15) is 10.2 Å². The lowest BCUT2D eigenvalue weighted by atomic mass is 9.87. The Balaban J connectivity index is 1.38. The Labute approximate surface area is 261 Å². The highest BCUT2D eigenvalue weighted by atomic mass is 31.2. The molecule has 1 aliphatic carbocycles. The number of carbonyl (C=O) groups is 1. The largest absolute Gasteiger partial charge is 0.461 e. The Morgan fingerprint density at radius 2 is 1.98 bits per heavy atom. The Bertz CT molecular complexity index is 1570. The summed E-state index contributed by atoms with van der Waals surface area (Å²) in [6.07, 6.45) is -0.605. The summed E-state index contributed by atoms with van der Waals surface area (Å²) in [5.41, 5.74) is 6.10. The molecule has 2 aliphatic rings. The average Bonchev–Trinajstić information content (AvgIpc) is 3.50. The first-order valence-corrected chi connectivity index (χ1v) is 16.4. The highest BCUT2D eigenvalue weighted by Gasteiger charge is 2.57. The maximum Gasteiger partial charge on any atom is 0.459 e. The fourth-order valence-electron chi connectivity index (χ4n) is 5.35. The van der Waals surface area contributed by atoms with Gasteiger partial charge >= 0.3 is 13.7 Å². The third-order valence-electron chi connectivity index (χ3n) is 8.20. The molecule has 0 radical (unpaired) electrons. The van der Waals surface area contributed by atoms with Crippen molar-refractivity contribution in [1.82, 2.24) is 19.7 Å².